The van der Waals surface area contributed by atoms with Crippen molar-refractivity contribution in [3.8, 4) is 0 Å². The number of anilines is 1. The maximum atomic E-state index is 6.30. The number of hydrogen-bond donors (Lipinski definition) is 0. The molecule has 0 atom stereocenters. The van der Waals surface area contributed by atoms with E-state index in [0.29, 0.717) is 0 Å². The molecular formula is C14H19ClN6. The Morgan fingerprint density at radius 1 is 1.14 bits per heavy atom. The number of aryl methyl sites for hydroxylation is 2. The predicted octanol–water partition coefficient (Wildman–Crippen LogP) is 1.49. The van der Waals surface area contributed by atoms with Gasteiger partial charge in [0.2, 0.25) is 5.95 Å². The van der Waals surface area contributed by atoms with Crippen LogP contribution in [0.5, 0.6) is 0 Å². The van der Waals surface area contributed by atoms with Gasteiger partial charge in [-0.1, -0.05) is 11.6 Å². The van der Waals surface area contributed by atoms with E-state index < -0.39 is 0 Å². The SMILES string of the molecule is Cc1nn(C)c(Cl)c1CN1CCN(c2ncccn2)CC1. The topological polar surface area (TPSA) is 50.1 Å². The van der Waals surface area contributed by atoms with E-state index in [9.17, 15) is 0 Å². The minimum absolute atomic E-state index is 0.737. The van der Waals surface area contributed by atoms with Gasteiger partial charge in [-0.25, -0.2) is 9.97 Å². The van der Waals surface area contributed by atoms with Crippen LogP contribution in [0.3, 0.4) is 0 Å². The van der Waals surface area contributed by atoms with Gasteiger partial charge in [0.1, 0.15) is 5.15 Å². The van der Waals surface area contributed by atoms with Crippen molar-refractivity contribution < 1.29 is 0 Å². The molecule has 7 heteroatoms. The Morgan fingerprint density at radius 3 is 2.38 bits per heavy atom. The summed E-state index contributed by atoms with van der Waals surface area (Å²) in [5.74, 6) is 0.813. The van der Waals surface area contributed by atoms with Crippen molar-refractivity contribution in [2.24, 2.45) is 7.05 Å². The molecule has 2 aromatic heterocycles. The van der Waals surface area contributed by atoms with Crippen LogP contribution in [0.1, 0.15) is 11.3 Å². The standard InChI is InChI=1S/C14H19ClN6/c1-11-12(13(15)19(2)18-11)10-20-6-8-21(9-7-20)14-16-4-3-5-17-14/h3-5H,6-10H2,1-2H3. The normalized spacial score (nSPS) is 16.4. The van der Waals surface area contributed by atoms with Crippen molar-refractivity contribution in [1.82, 2.24) is 24.6 Å². The van der Waals surface area contributed by atoms with E-state index in [-0.39, 0.29) is 0 Å². The third-order valence-corrected chi connectivity index (χ3v) is 4.33. The number of hydrogen-bond acceptors (Lipinski definition) is 5. The Labute approximate surface area is 129 Å². The van der Waals surface area contributed by atoms with E-state index in [1.165, 1.54) is 0 Å². The molecule has 0 unspecified atom stereocenters. The van der Waals surface area contributed by atoms with Crippen LogP contribution in [0.25, 0.3) is 0 Å². The molecule has 0 amide bonds. The zero-order valence-corrected chi connectivity index (χ0v) is 13.1. The quantitative estimate of drug-likeness (QED) is 0.860. The Hall–Kier alpha value is -1.66. The van der Waals surface area contributed by atoms with Gasteiger partial charge in [0, 0.05) is 57.7 Å². The lowest BCUT2D eigenvalue weighted by Crippen LogP contribution is -2.46. The predicted molar refractivity (Wildman–Crippen MR) is 82.5 cm³/mol. The fraction of sp³-hybridized carbons (Fsp3) is 0.500. The molecule has 1 saturated heterocycles. The zero-order valence-electron chi connectivity index (χ0n) is 12.3. The van der Waals surface area contributed by atoms with Crippen molar-refractivity contribution in [1.29, 1.82) is 0 Å². The Kier molecular flexibility index (Phi) is 4.07. The highest BCUT2D eigenvalue weighted by molar-refractivity contribution is 6.30. The monoisotopic (exact) mass is 306 g/mol. The zero-order chi connectivity index (χ0) is 14.8. The van der Waals surface area contributed by atoms with Gasteiger partial charge < -0.3 is 4.90 Å². The molecule has 112 valence electrons. The largest absolute Gasteiger partial charge is 0.338 e. The average molecular weight is 307 g/mol. The molecule has 0 aliphatic carbocycles. The second-order valence-electron chi connectivity index (χ2n) is 5.29. The summed E-state index contributed by atoms with van der Waals surface area (Å²) >= 11 is 6.30. The summed E-state index contributed by atoms with van der Waals surface area (Å²) in [7, 11) is 1.88. The number of piperazine rings is 1. The van der Waals surface area contributed by atoms with E-state index in [4.69, 9.17) is 11.6 Å². The summed E-state index contributed by atoms with van der Waals surface area (Å²) in [6.45, 7) is 6.67. The summed E-state index contributed by atoms with van der Waals surface area (Å²) < 4.78 is 1.74. The van der Waals surface area contributed by atoms with Gasteiger partial charge in [0.15, 0.2) is 0 Å². The smallest absolute Gasteiger partial charge is 0.225 e. The lowest BCUT2D eigenvalue weighted by Gasteiger charge is -2.34. The molecule has 1 fully saturated rings. The van der Waals surface area contributed by atoms with Crippen molar-refractivity contribution in [3.63, 3.8) is 0 Å². The van der Waals surface area contributed by atoms with Crippen LogP contribution in [0.15, 0.2) is 18.5 Å². The van der Waals surface area contributed by atoms with E-state index in [1.54, 1.807) is 17.1 Å². The van der Waals surface area contributed by atoms with Crippen molar-refractivity contribution in [3.05, 3.63) is 34.9 Å². The first-order chi connectivity index (χ1) is 10.1. The fourth-order valence-corrected chi connectivity index (χ4v) is 2.87. The van der Waals surface area contributed by atoms with Crippen LogP contribution in [0.2, 0.25) is 5.15 Å². The molecule has 2 aromatic rings. The van der Waals surface area contributed by atoms with Crippen LogP contribution < -0.4 is 4.90 Å². The third kappa shape index (κ3) is 3.01. The molecular weight excluding hydrogens is 288 g/mol. The first-order valence-corrected chi connectivity index (χ1v) is 7.45. The van der Waals surface area contributed by atoms with Gasteiger partial charge in [-0.05, 0) is 13.0 Å². The van der Waals surface area contributed by atoms with Crippen molar-refractivity contribution >= 4 is 17.5 Å². The van der Waals surface area contributed by atoms with Gasteiger partial charge >= 0.3 is 0 Å². The minimum atomic E-state index is 0.737. The number of aromatic nitrogens is 4. The van der Waals surface area contributed by atoms with E-state index in [1.807, 2.05) is 20.0 Å². The van der Waals surface area contributed by atoms with Gasteiger partial charge in [0.25, 0.3) is 0 Å². The van der Waals surface area contributed by atoms with Crippen LogP contribution >= 0.6 is 11.6 Å². The second kappa shape index (κ2) is 5.99. The molecule has 1 aliphatic heterocycles. The van der Waals surface area contributed by atoms with Crippen LogP contribution in [-0.2, 0) is 13.6 Å². The fourth-order valence-electron chi connectivity index (χ4n) is 2.64. The maximum Gasteiger partial charge on any atom is 0.225 e. The maximum absolute atomic E-state index is 6.30. The molecule has 0 radical (unpaired) electrons. The number of nitrogens with zero attached hydrogens (tertiary/aromatic N) is 6. The Balaban J connectivity index is 1.61. The first kappa shape index (κ1) is 14.3. The van der Waals surface area contributed by atoms with Crippen LogP contribution in [-0.4, -0.2) is 50.8 Å². The van der Waals surface area contributed by atoms with E-state index in [2.05, 4.69) is 24.9 Å². The molecule has 1 aliphatic rings. The molecule has 6 nitrogen and oxygen atoms in total. The lowest BCUT2D eigenvalue weighted by molar-refractivity contribution is 0.248. The molecule has 0 spiro atoms. The summed E-state index contributed by atoms with van der Waals surface area (Å²) in [4.78, 5) is 13.2. The lowest BCUT2D eigenvalue weighted by atomic mass is 10.2. The summed E-state index contributed by atoms with van der Waals surface area (Å²) in [6, 6.07) is 1.84. The average Bonchev–Trinajstić information content (AvgIpc) is 2.75. The second-order valence-corrected chi connectivity index (χ2v) is 5.65. The highest BCUT2D eigenvalue weighted by Gasteiger charge is 2.21. The first-order valence-electron chi connectivity index (χ1n) is 7.07. The van der Waals surface area contributed by atoms with Gasteiger partial charge in [0.05, 0.1) is 5.69 Å². The number of rotatable bonds is 3. The van der Waals surface area contributed by atoms with Crippen LogP contribution in [0, 0.1) is 6.92 Å². The molecule has 3 rings (SSSR count). The molecule has 0 bridgehead atoms. The summed E-state index contributed by atoms with van der Waals surface area (Å²) in [6.07, 6.45) is 3.57. The van der Waals surface area contributed by atoms with Crippen molar-refractivity contribution in [2.45, 2.75) is 13.5 Å². The van der Waals surface area contributed by atoms with Gasteiger partial charge in [-0.3, -0.25) is 9.58 Å². The highest BCUT2D eigenvalue weighted by Crippen LogP contribution is 2.21. The highest BCUT2D eigenvalue weighted by atomic mass is 35.5. The third-order valence-electron chi connectivity index (χ3n) is 3.86. The van der Waals surface area contributed by atoms with Crippen LogP contribution in [0.4, 0.5) is 5.95 Å². The molecule has 3 heterocycles. The van der Waals surface area contributed by atoms with Crippen molar-refractivity contribution in [2.75, 3.05) is 31.1 Å². The summed E-state index contributed by atoms with van der Waals surface area (Å²) in [5, 5.41) is 5.10. The molecule has 0 N–H and O–H groups in total. The molecule has 0 saturated carbocycles. The van der Waals surface area contributed by atoms with Gasteiger partial charge in [-0.2, -0.15) is 5.10 Å². The Bertz CT molecular complexity index is 603. The van der Waals surface area contributed by atoms with E-state index in [0.717, 1.165) is 55.1 Å². The van der Waals surface area contributed by atoms with Gasteiger partial charge in [-0.15, -0.1) is 0 Å². The molecule has 21 heavy (non-hydrogen) atoms. The Morgan fingerprint density at radius 2 is 1.81 bits per heavy atom. The number of halogens is 1. The summed E-state index contributed by atoms with van der Waals surface area (Å²) in [5.41, 5.74) is 2.14. The minimum Gasteiger partial charge on any atom is -0.338 e. The van der Waals surface area contributed by atoms with E-state index >= 15 is 0 Å². The molecule has 0 aromatic carbocycles.